The molecule has 1 atom stereocenters. The summed E-state index contributed by atoms with van der Waals surface area (Å²) in [7, 11) is 0. The molecular weight excluding hydrogens is 156 g/mol. The van der Waals surface area contributed by atoms with E-state index in [0.717, 1.165) is 5.92 Å². The monoisotopic (exact) mass is 172 g/mol. The molecule has 0 saturated heterocycles. The van der Waals surface area contributed by atoms with Crippen LogP contribution in [0.2, 0.25) is 0 Å². The first kappa shape index (κ1) is 8.55. The third-order valence-corrected chi connectivity index (χ3v) is 2.70. The van der Waals surface area contributed by atoms with E-state index < -0.39 is 0 Å². The third kappa shape index (κ3) is 2.45. The molecule has 0 N–H and O–H groups in total. The number of hydrogen-bond acceptors (Lipinski definition) is 0. The smallest absolute Gasteiger partial charge is 0.0194 e. The van der Waals surface area contributed by atoms with E-state index in [4.69, 9.17) is 0 Å². The number of allylic oxidation sites excluding steroid dienone is 2. The predicted octanol–water partition coefficient (Wildman–Crippen LogP) is 3.59. The molecule has 0 amide bonds. The Labute approximate surface area is 80.3 Å². The van der Waals surface area contributed by atoms with E-state index in [0.29, 0.717) is 0 Å². The van der Waals surface area contributed by atoms with Crippen LogP contribution in [0.1, 0.15) is 25.3 Å². The van der Waals surface area contributed by atoms with Crippen molar-refractivity contribution in [1.29, 1.82) is 0 Å². The van der Waals surface area contributed by atoms with Crippen molar-refractivity contribution in [2.75, 3.05) is 0 Å². The fraction of sp³-hybridized carbons (Fsp3) is 0.385. The highest BCUT2D eigenvalue weighted by Crippen LogP contribution is 2.36. The minimum absolute atomic E-state index is 0.885. The van der Waals surface area contributed by atoms with Gasteiger partial charge in [-0.15, -0.1) is 0 Å². The molecule has 2 rings (SSSR count). The first-order chi connectivity index (χ1) is 6.36. The zero-order valence-corrected chi connectivity index (χ0v) is 8.16. The second-order valence-electron chi connectivity index (χ2n) is 3.91. The van der Waals surface area contributed by atoms with Gasteiger partial charge in [0.25, 0.3) is 0 Å². The molecule has 0 bridgehead atoms. The van der Waals surface area contributed by atoms with E-state index in [1.807, 2.05) is 0 Å². The molecule has 1 aromatic rings. The van der Waals surface area contributed by atoms with E-state index in [2.05, 4.69) is 43.3 Å². The summed E-state index contributed by atoms with van der Waals surface area (Å²) < 4.78 is 0. The largest absolute Gasteiger partial charge is 0.0847 e. The molecule has 0 nitrogen and oxygen atoms in total. The van der Waals surface area contributed by atoms with Crippen LogP contribution >= 0.6 is 0 Å². The number of hydrogen-bond donors (Lipinski definition) is 0. The van der Waals surface area contributed by atoms with E-state index in [1.54, 1.807) is 5.57 Å². The Bertz CT molecular complexity index is 295. The zero-order chi connectivity index (χ0) is 9.10. The van der Waals surface area contributed by atoms with Gasteiger partial charge in [-0.1, -0.05) is 48.9 Å². The maximum absolute atomic E-state index is 2.41. The second-order valence-corrected chi connectivity index (χ2v) is 3.91. The van der Waals surface area contributed by atoms with E-state index in [9.17, 15) is 0 Å². The van der Waals surface area contributed by atoms with Crippen molar-refractivity contribution >= 4 is 0 Å². The van der Waals surface area contributed by atoms with Crippen LogP contribution in [0.5, 0.6) is 0 Å². The Morgan fingerprint density at radius 3 is 2.62 bits per heavy atom. The average molecular weight is 172 g/mol. The Morgan fingerprint density at radius 2 is 2.00 bits per heavy atom. The van der Waals surface area contributed by atoms with E-state index >= 15 is 0 Å². The van der Waals surface area contributed by atoms with Gasteiger partial charge in [0.2, 0.25) is 0 Å². The molecule has 0 radical (unpaired) electrons. The fourth-order valence-corrected chi connectivity index (χ4v) is 1.65. The molecule has 0 heteroatoms. The van der Waals surface area contributed by atoms with Gasteiger partial charge in [-0.05, 0) is 30.7 Å². The van der Waals surface area contributed by atoms with Crippen molar-refractivity contribution in [2.24, 2.45) is 5.92 Å². The van der Waals surface area contributed by atoms with Gasteiger partial charge < -0.3 is 0 Å². The van der Waals surface area contributed by atoms with Crippen molar-refractivity contribution in [1.82, 2.24) is 0 Å². The molecule has 0 spiro atoms. The van der Waals surface area contributed by atoms with Gasteiger partial charge >= 0.3 is 0 Å². The number of benzene rings is 1. The van der Waals surface area contributed by atoms with Crippen LogP contribution < -0.4 is 0 Å². The Kier molecular flexibility index (Phi) is 2.49. The lowest BCUT2D eigenvalue weighted by molar-refractivity contribution is 0.982. The van der Waals surface area contributed by atoms with Gasteiger partial charge in [0, 0.05) is 0 Å². The highest BCUT2D eigenvalue weighted by atomic mass is 14.3. The van der Waals surface area contributed by atoms with Gasteiger partial charge in [0.1, 0.15) is 0 Å². The van der Waals surface area contributed by atoms with Crippen molar-refractivity contribution in [3.05, 3.63) is 47.5 Å². The second kappa shape index (κ2) is 3.78. The summed E-state index contributed by atoms with van der Waals surface area (Å²) in [5.41, 5.74) is 3.11. The first-order valence-electron chi connectivity index (χ1n) is 5.09. The van der Waals surface area contributed by atoms with Gasteiger partial charge in [-0.3, -0.25) is 0 Å². The quantitative estimate of drug-likeness (QED) is 0.611. The lowest BCUT2D eigenvalue weighted by Crippen LogP contribution is -1.80. The highest BCUT2D eigenvalue weighted by molar-refractivity contribution is 5.22. The first-order valence-corrected chi connectivity index (χ1v) is 5.09. The fourth-order valence-electron chi connectivity index (χ4n) is 1.65. The lowest BCUT2D eigenvalue weighted by Gasteiger charge is -1.95. The molecule has 13 heavy (non-hydrogen) atoms. The Balaban J connectivity index is 1.81. The van der Waals surface area contributed by atoms with Gasteiger partial charge in [-0.2, -0.15) is 0 Å². The molecule has 1 aromatic carbocycles. The molecule has 1 aliphatic carbocycles. The molecule has 1 fully saturated rings. The summed E-state index contributed by atoms with van der Waals surface area (Å²) in [6.07, 6.45) is 6.16. The van der Waals surface area contributed by atoms with Crippen molar-refractivity contribution in [3.63, 3.8) is 0 Å². The molecular formula is C13H16. The average Bonchev–Trinajstić information content (AvgIpc) is 2.84. The molecule has 1 unspecified atom stereocenters. The van der Waals surface area contributed by atoms with E-state index in [-0.39, 0.29) is 0 Å². The van der Waals surface area contributed by atoms with Crippen molar-refractivity contribution < 1.29 is 0 Å². The van der Waals surface area contributed by atoms with Crippen LogP contribution in [0, 0.1) is 5.92 Å². The summed E-state index contributed by atoms with van der Waals surface area (Å²) in [6.45, 7) is 2.30. The summed E-state index contributed by atoms with van der Waals surface area (Å²) in [5.74, 6) is 0.885. The van der Waals surface area contributed by atoms with E-state index in [1.165, 1.54) is 24.8 Å². The summed E-state index contributed by atoms with van der Waals surface area (Å²) in [6, 6.07) is 10.7. The van der Waals surface area contributed by atoms with Gasteiger partial charge in [-0.25, -0.2) is 0 Å². The topological polar surface area (TPSA) is 0 Å². The Hall–Kier alpha value is -1.04. The summed E-state index contributed by atoms with van der Waals surface area (Å²) >= 11 is 0. The van der Waals surface area contributed by atoms with Crippen molar-refractivity contribution in [3.8, 4) is 0 Å². The standard InChI is InChI=1S/C13H16/c1-11-10-13(11)9-5-8-12-6-3-2-4-7-12/h2-4,6-7,9,11H,5,8,10H2,1H3/b13-9+. The van der Waals surface area contributed by atoms with Crippen molar-refractivity contribution in [2.45, 2.75) is 26.2 Å². The zero-order valence-electron chi connectivity index (χ0n) is 8.16. The molecule has 0 aromatic heterocycles. The summed E-state index contributed by atoms with van der Waals surface area (Å²) in [4.78, 5) is 0. The summed E-state index contributed by atoms with van der Waals surface area (Å²) in [5, 5.41) is 0. The molecule has 0 aliphatic heterocycles. The van der Waals surface area contributed by atoms with Crippen LogP contribution in [-0.4, -0.2) is 0 Å². The maximum atomic E-state index is 2.41. The molecule has 68 valence electrons. The molecule has 1 saturated carbocycles. The molecule has 0 heterocycles. The number of aryl methyl sites for hydroxylation is 1. The van der Waals surface area contributed by atoms with Crippen LogP contribution in [0.25, 0.3) is 0 Å². The van der Waals surface area contributed by atoms with Gasteiger partial charge in [0.05, 0.1) is 0 Å². The Morgan fingerprint density at radius 1 is 1.31 bits per heavy atom. The minimum atomic E-state index is 0.885. The third-order valence-electron chi connectivity index (χ3n) is 2.70. The SMILES string of the molecule is CC1C/C1=C\CCc1ccccc1. The van der Waals surface area contributed by atoms with Crippen LogP contribution in [0.4, 0.5) is 0 Å². The maximum Gasteiger partial charge on any atom is -0.0194 e. The lowest BCUT2D eigenvalue weighted by atomic mass is 10.1. The van der Waals surface area contributed by atoms with Crippen LogP contribution in [0.15, 0.2) is 42.0 Å². The normalized spacial score (nSPS) is 23.5. The highest BCUT2D eigenvalue weighted by Gasteiger charge is 2.22. The number of rotatable bonds is 3. The minimum Gasteiger partial charge on any atom is -0.0847 e. The van der Waals surface area contributed by atoms with Crippen LogP contribution in [0.3, 0.4) is 0 Å². The van der Waals surface area contributed by atoms with Crippen LogP contribution in [-0.2, 0) is 6.42 Å². The predicted molar refractivity (Wildman–Crippen MR) is 56.6 cm³/mol. The molecule has 1 aliphatic rings. The van der Waals surface area contributed by atoms with Gasteiger partial charge in [0.15, 0.2) is 0 Å².